The van der Waals surface area contributed by atoms with E-state index in [1.54, 1.807) is 22.9 Å². The van der Waals surface area contributed by atoms with Crippen molar-refractivity contribution in [2.24, 2.45) is 5.92 Å². The van der Waals surface area contributed by atoms with Crippen molar-refractivity contribution >= 4 is 46.6 Å². The average Bonchev–Trinajstić information content (AvgIpc) is 3.20. The van der Waals surface area contributed by atoms with Gasteiger partial charge in [0, 0.05) is 23.7 Å². The number of carbonyl (C=O) groups is 2. The lowest BCUT2D eigenvalue weighted by molar-refractivity contribution is -0.116. The molecule has 0 aliphatic heterocycles. The molecule has 0 aliphatic carbocycles. The summed E-state index contributed by atoms with van der Waals surface area (Å²) >= 11 is 12.3. The van der Waals surface area contributed by atoms with Gasteiger partial charge < -0.3 is 15.5 Å². The number of carbonyl (C=O) groups excluding carboxylic acids is 2. The van der Waals surface area contributed by atoms with Crippen LogP contribution in [0.15, 0.2) is 48.5 Å². The normalized spacial score (nSPS) is 11.5. The molecule has 0 aliphatic rings. The molecule has 0 bridgehead atoms. The van der Waals surface area contributed by atoms with Crippen molar-refractivity contribution in [2.45, 2.75) is 47.0 Å². The minimum absolute atomic E-state index is 0.118. The van der Waals surface area contributed by atoms with Gasteiger partial charge in [-0.3, -0.25) is 4.79 Å². The van der Waals surface area contributed by atoms with Gasteiger partial charge in [-0.1, -0.05) is 75.5 Å². The van der Waals surface area contributed by atoms with E-state index in [0.717, 1.165) is 11.3 Å². The van der Waals surface area contributed by atoms with Crippen LogP contribution in [0.1, 0.15) is 45.9 Å². The van der Waals surface area contributed by atoms with Crippen molar-refractivity contribution in [3.05, 3.63) is 69.8 Å². The molecule has 2 aromatic carbocycles. The number of aromatic nitrogens is 2. The zero-order valence-corrected chi connectivity index (χ0v) is 23.0. The molecule has 0 unspecified atom stereocenters. The fourth-order valence-corrected chi connectivity index (χ4v) is 3.80. The molecule has 0 fully saturated rings. The highest BCUT2D eigenvalue weighted by molar-refractivity contribution is 6.42. The van der Waals surface area contributed by atoms with E-state index in [2.05, 4.69) is 10.6 Å². The van der Waals surface area contributed by atoms with Crippen LogP contribution in [0.25, 0.3) is 5.69 Å². The fraction of sp³-hybridized carbons (Fsp3) is 0.370. The minimum Gasteiger partial charge on any atom is -0.315 e. The third-order valence-electron chi connectivity index (χ3n) is 5.40. The molecule has 3 amide bonds. The Hall–Kier alpha value is -3.03. The van der Waals surface area contributed by atoms with E-state index >= 15 is 0 Å². The molecule has 0 atom stereocenters. The van der Waals surface area contributed by atoms with Gasteiger partial charge in [0.25, 0.3) is 0 Å². The van der Waals surface area contributed by atoms with Gasteiger partial charge in [0.15, 0.2) is 0 Å². The van der Waals surface area contributed by atoms with Gasteiger partial charge in [-0.25, -0.2) is 9.48 Å². The molecule has 0 saturated heterocycles. The van der Waals surface area contributed by atoms with Crippen LogP contribution in [0, 0.1) is 12.8 Å². The standard InChI is InChI=1S/C27H33Cl2N5O2/c1-17(2)15-33(26(36)30-19-9-7-18(3)8-10-19)16-25(35)31-24-14-23(27(4,5)6)32-34(24)20-11-12-21(28)22(29)13-20/h7-14,17H,15-16H2,1-6H3,(H,30,36)(H,31,35). The first-order chi connectivity index (χ1) is 16.8. The molecule has 0 radical (unpaired) electrons. The zero-order valence-electron chi connectivity index (χ0n) is 21.5. The number of hydrogen-bond acceptors (Lipinski definition) is 3. The second-order valence-electron chi connectivity index (χ2n) is 10.3. The number of anilines is 2. The Balaban J connectivity index is 1.83. The van der Waals surface area contributed by atoms with Crippen LogP contribution in [0.5, 0.6) is 0 Å². The molecule has 36 heavy (non-hydrogen) atoms. The number of amides is 3. The van der Waals surface area contributed by atoms with Crippen molar-refractivity contribution in [1.29, 1.82) is 0 Å². The lowest BCUT2D eigenvalue weighted by atomic mass is 9.92. The summed E-state index contributed by atoms with van der Waals surface area (Å²) in [5.74, 6) is 0.318. The van der Waals surface area contributed by atoms with Crippen LogP contribution in [-0.2, 0) is 10.2 Å². The second kappa shape index (κ2) is 11.4. The molecule has 192 valence electrons. The van der Waals surface area contributed by atoms with Crippen LogP contribution >= 0.6 is 23.2 Å². The topological polar surface area (TPSA) is 79.3 Å². The molecule has 1 aromatic heterocycles. The Morgan fingerprint density at radius 1 is 1.00 bits per heavy atom. The fourth-order valence-electron chi connectivity index (χ4n) is 3.51. The monoisotopic (exact) mass is 529 g/mol. The summed E-state index contributed by atoms with van der Waals surface area (Å²) in [5.41, 5.74) is 2.97. The molecule has 3 rings (SSSR count). The summed E-state index contributed by atoms with van der Waals surface area (Å²) in [6.45, 7) is 12.4. The van der Waals surface area contributed by atoms with Gasteiger partial charge in [-0.2, -0.15) is 5.10 Å². The number of nitrogens with one attached hydrogen (secondary N) is 2. The number of nitrogens with zero attached hydrogens (tertiary/aromatic N) is 3. The zero-order chi connectivity index (χ0) is 26.6. The van der Waals surface area contributed by atoms with Crippen molar-refractivity contribution in [3.8, 4) is 5.69 Å². The van der Waals surface area contributed by atoms with Crippen LogP contribution < -0.4 is 10.6 Å². The van der Waals surface area contributed by atoms with E-state index in [9.17, 15) is 9.59 Å². The van der Waals surface area contributed by atoms with E-state index in [1.807, 2.05) is 71.9 Å². The SMILES string of the molecule is Cc1ccc(NC(=O)N(CC(=O)Nc2cc(C(C)(C)C)nn2-c2ccc(Cl)c(Cl)c2)CC(C)C)cc1. The first-order valence-electron chi connectivity index (χ1n) is 11.8. The summed E-state index contributed by atoms with van der Waals surface area (Å²) in [6, 6.07) is 14.2. The second-order valence-corrected chi connectivity index (χ2v) is 11.1. The average molecular weight is 531 g/mol. The molecule has 9 heteroatoms. The number of aryl methyl sites for hydroxylation is 1. The van der Waals surface area contributed by atoms with E-state index in [0.29, 0.717) is 33.8 Å². The van der Waals surface area contributed by atoms with Crippen LogP contribution in [0.3, 0.4) is 0 Å². The highest BCUT2D eigenvalue weighted by Crippen LogP contribution is 2.29. The minimum atomic E-state index is -0.337. The van der Waals surface area contributed by atoms with Crippen molar-refractivity contribution in [2.75, 3.05) is 23.7 Å². The van der Waals surface area contributed by atoms with Crippen molar-refractivity contribution in [1.82, 2.24) is 14.7 Å². The number of halogens is 2. The third-order valence-corrected chi connectivity index (χ3v) is 6.14. The lowest BCUT2D eigenvalue weighted by Gasteiger charge is -2.24. The van der Waals surface area contributed by atoms with E-state index in [-0.39, 0.29) is 29.8 Å². The summed E-state index contributed by atoms with van der Waals surface area (Å²) in [4.78, 5) is 27.7. The number of urea groups is 1. The molecule has 7 nitrogen and oxygen atoms in total. The van der Waals surface area contributed by atoms with Gasteiger partial charge in [-0.15, -0.1) is 0 Å². The molecule has 2 N–H and O–H groups in total. The maximum atomic E-state index is 13.1. The Morgan fingerprint density at radius 3 is 2.25 bits per heavy atom. The first kappa shape index (κ1) is 27.6. The summed E-state index contributed by atoms with van der Waals surface area (Å²) < 4.78 is 1.62. The Bertz CT molecular complexity index is 1230. The van der Waals surface area contributed by atoms with Crippen molar-refractivity contribution < 1.29 is 9.59 Å². The van der Waals surface area contributed by atoms with Crippen LogP contribution in [0.4, 0.5) is 16.3 Å². The molecule has 0 saturated carbocycles. The largest absolute Gasteiger partial charge is 0.322 e. The van der Waals surface area contributed by atoms with Crippen LogP contribution in [-0.4, -0.2) is 39.7 Å². The van der Waals surface area contributed by atoms with Gasteiger partial charge >= 0.3 is 6.03 Å². The van der Waals surface area contributed by atoms with E-state index in [4.69, 9.17) is 28.3 Å². The number of hydrogen-bond donors (Lipinski definition) is 2. The van der Waals surface area contributed by atoms with Gasteiger partial charge in [0.1, 0.15) is 12.4 Å². The van der Waals surface area contributed by atoms with Crippen LogP contribution in [0.2, 0.25) is 10.0 Å². The maximum Gasteiger partial charge on any atom is 0.322 e. The van der Waals surface area contributed by atoms with Gasteiger partial charge in [0.05, 0.1) is 21.4 Å². The Morgan fingerprint density at radius 2 is 1.67 bits per heavy atom. The molecular formula is C27H33Cl2N5O2. The number of rotatable bonds is 7. The maximum absolute atomic E-state index is 13.1. The lowest BCUT2D eigenvalue weighted by Crippen LogP contribution is -2.42. The van der Waals surface area contributed by atoms with Crippen molar-refractivity contribution in [3.63, 3.8) is 0 Å². The highest BCUT2D eigenvalue weighted by Gasteiger charge is 2.24. The predicted molar refractivity (Wildman–Crippen MR) is 148 cm³/mol. The van der Waals surface area contributed by atoms with Gasteiger partial charge in [0.2, 0.25) is 5.91 Å². The molecule has 0 spiro atoms. The van der Waals surface area contributed by atoms with E-state index in [1.165, 1.54) is 4.90 Å². The predicted octanol–water partition coefficient (Wildman–Crippen LogP) is 6.91. The highest BCUT2D eigenvalue weighted by atomic mass is 35.5. The molecular weight excluding hydrogens is 497 g/mol. The Labute approximate surface area is 222 Å². The summed E-state index contributed by atoms with van der Waals surface area (Å²) in [5, 5.41) is 11.3. The quantitative estimate of drug-likeness (QED) is 0.348. The number of benzene rings is 2. The Kier molecular flexibility index (Phi) is 8.69. The first-order valence-corrected chi connectivity index (χ1v) is 12.6. The van der Waals surface area contributed by atoms with Gasteiger partial charge in [-0.05, 0) is 43.2 Å². The smallest absolute Gasteiger partial charge is 0.315 e. The van der Waals surface area contributed by atoms with E-state index < -0.39 is 0 Å². The summed E-state index contributed by atoms with van der Waals surface area (Å²) in [7, 11) is 0. The summed E-state index contributed by atoms with van der Waals surface area (Å²) in [6.07, 6.45) is 0. The third kappa shape index (κ3) is 7.24. The molecule has 1 heterocycles. The molecule has 3 aromatic rings.